The van der Waals surface area contributed by atoms with Gasteiger partial charge < -0.3 is 15.6 Å². The number of aliphatic hydroxyl groups excluding tert-OH is 1. The van der Waals surface area contributed by atoms with Crippen LogP contribution < -0.4 is 5.73 Å². The van der Waals surface area contributed by atoms with Crippen LogP contribution in [0.25, 0.3) is 0 Å². The number of nitroso groups, excluding NO2 is 1. The average molecular weight is 504 g/mol. The lowest BCUT2D eigenvalue weighted by molar-refractivity contribution is -0.151. The summed E-state index contributed by atoms with van der Waals surface area (Å²) in [6, 6.07) is -1.39. The highest BCUT2D eigenvalue weighted by atomic mass is 16.5. The van der Waals surface area contributed by atoms with Crippen LogP contribution in [0.2, 0.25) is 0 Å². The summed E-state index contributed by atoms with van der Waals surface area (Å²) in [5.41, 5.74) is 9.41. The Balaban J connectivity index is 2.29. The number of ether oxygens (including phenoxy) is 1. The number of allylic oxidation sites excluding steroid dienone is 2. The van der Waals surface area contributed by atoms with Gasteiger partial charge in [-0.05, 0) is 63.0 Å². The maximum atomic E-state index is 13.0. The minimum absolute atomic E-state index is 0.259. The van der Waals surface area contributed by atoms with E-state index in [1.54, 1.807) is 13.8 Å². The third kappa shape index (κ3) is 8.44. The normalized spacial score (nSPS) is 36.5. The third-order valence-corrected chi connectivity index (χ3v) is 8.08. The second kappa shape index (κ2) is 13.9. The molecule has 0 radical (unpaired) electrons. The first-order chi connectivity index (χ1) is 16.9. The molecule has 0 saturated carbocycles. The van der Waals surface area contributed by atoms with Crippen molar-refractivity contribution >= 4 is 17.5 Å². The van der Waals surface area contributed by atoms with Gasteiger partial charge in [0.2, 0.25) is 0 Å². The van der Waals surface area contributed by atoms with Crippen LogP contribution in [0.1, 0.15) is 86.5 Å². The van der Waals surface area contributed by atoms with Crippen molar-refractivity contribution in [3.05, 3.63) is 28.3 Å². The number of hydrogen-bond donors (Lipinski definition) is 2. The van der Waals surface area contributed by atoms with E-state index >= 15 is 0 Å². The predicted octanol–water partition coefficient (Wildman–Crippen LogP) is 4.88. The molecule has 202 valence electrons. The van der Waals surface area contributed by atoms with Gasteiger partial charge in [-0.3, -0.25) is 14.6 Å². The highest BCUT2D eigenvalue weighted by Gasteiger charge is 2.36. The van der Waals surface area contributed by atoms with E-state index in [0.29, 0.717) is 18.8 Å². The van der Waals surface area contributed by atoms with Gasteiger partial charge in [0, 0.05) is 29.8 Å². The summed E-state index contributed by atoms with van der Waals surface area (Å²) in [5, 5.41) is 13.8. The summed E-state index contributed by atoms with van der Waals surface area (Å²) in [6.07, 6.45) is 6.66. The van der Waals surface area contributed by atoms with E-state index in [2.05, 4.69) is 30.9 Å². The SMILES string of the molecule is CC1=CN=C(/C=C(\C)[C@H]2C[C@H](C)C(C)CCC[C@H](N)[C@H](N=O)[C@@H](C)C(=O)[C@@H](C)[C@@H](O)CC(=O)O2)CC1. The topological polar surface area (TPSA) is 131 Å². The molecule has 8 heteroatoms. The number of carbonyl (C=O) groups is 2. The Hall–Kier alpha value is -2.19. The number of hydrogen-bond acceptors (Lipinski definition) is 8. The molecule has 2 rings (SSSR count). The van der Waals surface area contributed by atoms with Gasteiger partial charge >= 0.3 is 5.97 Å². The molecule has 0 aliphatic carbocycles. The number of nitrogens with zero attached hydrogens (tertiary/aromatic N) is 2. The minimum Gasteiger partial charge on any atom is -0.458 e. The molecule has 1 saturated heterocycles. The first kappa shape index (κ1) is 30.0. The third-order valence-electron chi connectivity index (χ3n) is 8.08. The lowest BCUT2D eigenvalue weighted by atomic mass is 9.81. The van der Waals surface area contributed by atoms with Crippen molar-refractivity contribution in [1.29, 1.82) is 0 Å². The van der Waals surface area contributed by atoms with Crippen LogP contribution in [-0.4, -0.2) is 46.9 Å². The van der Waals surface area contributed by atoms with E-state index in [9.17, 15) is 19.6 Å². The molecule has 0 bridgehead atoms. The van der Waals surface area contributed by atoms with Crippen molar-refractivity contribution in [2.24, 2.45) is 39.6 Å². The maximum Gasteiger partial charge on any atom is 0.309 e. The van der Waals surface area contributed by atoms with Crippen LogP contribution in [0, 0.1) is 28.6 Å². The van der Waals surface area contributed by atoms with Crippen molar-refractivity contribution in [3.8, 4) is 0 Å². The zero-order valence-corrected chi connectivity index (χ0v) is 22.8. The summed E-state index contributed by atoms with van der Waals surface area (Å²) < 4.78 is 5.90. The molecule has 0 amide bonds. The van der Waals surface area contributed by atoms with Gasteiger partial charge in [0.1, 0.15) is 17.9 Å². The number of esters is 1. The molecule has 3 N–H and O–H groups in total. The Bertz CT molecular complexity index is 880. The lowest BCUT2D eigenvalue weighted by Gasteiger charge is -2.29. The second-order valence-electron chi connectivity index (χ2n) is 11.1. The van der Waals surface area contributed by atoms with E-state index in [0.717, 1.165) is 37.0 Å². The summed E-state index contributed by atoms with van der Waals surface area (Å²) >= 11 is 0. The molecule has 0 spiro atoms. The molecule has 1 unspecified atom stereocenters. The number of rotatable bonds is 3. The molecule has 8 nitrogen and oxygen atoms in total. The van der Waals surface area contributed by atoms with E-state index in [1.165, 1.54) is 5.57 Å². The predicted molar refractivity (Wildman–Crippen MR) is 142 cm³/mol. The van der Waals surface area contributed by atoms with Crippen molar-refractivity contribution in [3.63, 3.8) is 0 Å². The first-order valence-electron chi connectivity index (χ1n) is 13.3. The van der Waals surface area contributed by atoms with Crippen molar-refractivity contribution in [2.45, 2.75) is 111 Å². The van der Waals surface area contributed by atoms with Gasteiger partial charge in [-0.2, -0.15) is 4.91 Å². The molecular weight excluding hydrogens is 458 g/mol. The zero-order valence-electron chi connectivity index (χ0n) is 22.8. The van der Waals surface area contributed by atoms with E-state index in [-0.39, 0.29) is 18.1 Å². The molecule has 0 aromatic carbocycles. The zero-order chi connectivity index (χ0) is 27.0. The quantitative estimate of drug-likeness (QED) is 0.417. The van der Waals surface area contributed by atoms with E-state index in [4.69, 9.17) is 10.5 Å². The minimum atomic E-state index is -1.22. The fourth-order valence-electron chi connectivity index (χ4n) is 5.01. The van der Waals surface area contributed by atoms with Gasteiger partial charge in [0.25, 0.3) is 0 Å². The summed E-state index contributed by atoms with van der Waals surface area (Å²) in [4.78, 5) is 41.9. The van der Waals surface area contributed by atoms with Gasteiger partial charge in [-0.25, -0.2) is 0 Å². The summed E-state index contributed by atoms with van der Waals surface area (Å²) in [7, 11) is 0. The molecule has 0 aromatic heterocycles. The van der Waals surface area contributed by atoms with Gasteiger partial charge in [-0.15, -0.1) is 0 Å². The Morgan fingerprint density at radius 1 is 1.14 bits per heavy atom. The number of nitrogens with two attached hydrogens (primary N) is 1. The van der Waals surface area contributed by atoms with Gasteiger partial charge in [0.05, 0.1) is 12.5 Å². The molecule has 36 heavy (non-hydrogen) atoms. The average Bonchev–Trinajstić information content (AvgIpc) is 2.83. The molecule has 8 atom stereocenters. The molecule has 2 aliphatic rings. The maximum absolute atomic E-state index is 13.0. The smallest absolute Gasteiger partial charge is 0.309 e. The van der Waals surface area contributed by atoms with Crippen LogP contribution in [0.15, 0.2) is 33.6 Å². The van der Waals surface area contributed by atoms with Crippen molar-refractivity contribution in [1.82, 2.24) is 0 Å². The van der Waals surface area contributed by atoms with Crippen molar-refractivity contribution in [2.75, 3.05) is 0 Å². The Labute approximate surface area is 215 Å². The summed E-state index contributed by atoms with van der Waals surface area (Å²) in [6.45, 7) is 11.5. The highest BCUT2D eigenvalue weighted by Crippen LogP contribution is 2.29. The van der Waals surface area contributed by atoms with Crippen LogP contribution in [0.4, 0.5) is 0 Å². The number of ketones is 1. The standard InChI is InChI=1S/C28H45N3O5/c1-16-10-11-22(30-15-16)12-19(4)25-13-18(3)17(2)8-7-9-23(29)27(31-35)21(6)28(34)20(5)24(32)14-26(33)36-25/h12,15,17-18,20-21,23-25,27,32H,7-11,13-14,29H2,1-6H3/b19-12+/t17?,18-,20-,21+,23-,24-,25+,27+/m0/s1. The second-order valence-corrected chi connectivity index (χ2v) is 11.1. The van der Waals surface area contributed by atoms with Crippen LogP contribution in [0.5, 0.6) is 0 Å². The van der Waals surface area contributed by atoms with Crippen LogP contribution in [-0.2, 0) is 14.3 Å². The van der Waals surface area contributed by atoms with Gasteiger partial charge in [0.15, 0.2) is 0 Å². The van der Waals surface area contributed by atoms with E-state index < -0.39 is 42.1 Å². The molecule has 2 heterocycles. The number of carbonyl (C=O) groups excluding carboxylic acids is 2. The number of cyclic esters (lactones) is 1. The number of aliphatic hydroxyl groups is 1. The lowest BCUT2D eigenvalue weighted by Crippen LogP contribution is -2.44. The molecule has 1 fully saturated rings. The Kier molecular flexibility index (Phi) is 11.6. The van der Waals surface area contributed by atoms with Crippen molar-refractivity contribution < 1.29 is 19.4 Å². The van der Waals surface area contributed by atoms with Gasteiger partial charge in [-0.1, -0.05) is 51.3 Å². The number of aliphatic imine (C=N–C) groups is 1. The number of Topliss-reactive ketones (excluding diaryl/α,β-unsaturated/α-hetero) is 1. The Morgan fingerprint density at radius 3 is 2.44 bits per heavy atom. The fourth-order valence-corrected chi connectivity index (χ4v) is 5.01. The Morgan fingerprint density at radius 2 is 1.83 bits per heavy atom. The molecular formula is C28H45N3O5. The summed E-state index contributed by atoms with van der Waals surface area (Å²) in [5.74, 6) is -1.87. The highest BCUT2D eigenvalue weighted by molar-refractivity contribution is 5.96. The monoisotopic (exact) mass is 503 g/mol. The molecule has 0 aromatic rings. The van der Waals surface area contributed by atoms with Crippen LogP contribution >= 0.6 is 0 Å². The van der Waals surface area contributed by atoms with E-state index in [1.807, 2.05) is 19.2 Å². The fraction of sp³-hybridized carbons (Fsp3) is 0.750. The molecule has 2 aliphatic heterocycles. The van der Waals surface area contributed by atoms with Crippen LogP contribution in [0.3, 0.4) is 0 Å². The largest absolute Gasteiger partial charge is 0.458 e. The first-order valence-corrected chi connectivity index (χ1v) is 13.3.